The number of halogens is 1. The van der Waals surface area contributed by atoms with E-state index in [1.54, 1.807) is 11.8 Å². The molecule has 0 saturated carbocycles. The third-order valence-corrected chi connectivity index (χ3v) is 4.80. The maximum Gasteiger partial charge on any atom is 0.236 e. The number of carbonyl (C=O) groups excluding carboxylic acids is 2. The Bertz CT molecular complexity index is 576. The number of likely N-dealkylation sites (N-methyl/N-ethyl adjacent to an activating group) is 1. The van der Waals surface area contributed by atoms with Crippen LogP contribution in [0.3, 0.4) is 0 Å². The summed E-state index contributed by atoms with van der Waals surface area (Å²) in [6.45, 7) is 7.90. The minimum atomic E-state index is -0.526. The van der Waals surface area contributed by atoms with E-state index >= 15 is 0 Å². The monoisotopic (exact) mass is 429 g/mol. The van der Waals surface area contributed by atoms with Crippen molar-refractivity contribution in [1.29, 1.82) is 0 Å². The average molecular weight is 430 g/mol. The third-order valence-electron chi connectivity index (χ3n) is 4.80. The number of hydrogen-bond donors (Lipinski definition) is 3. The van der Waals surface area contributed by atoms with Crippen molar-refractivity contribution in [2.75, 3.05) is 44.6 Å². The van der Waals surface area contributed by atoms with E-state index < -0.39 is 11.7 Å². The number of aliphatic hydroxyl groups excluding tert-OH is 1. The zero-order valence-electron chi connectivity index (χ0n) is 17.7. The van der Waals surface area contributed by atoms with E-state index in [4.69, 9.17) is 9.84 Å². The van der Waals surface area contributed by atoms with Gasteiger partial charge in [-0.3, -0.25) is 4.79 Å². The summed E-state index contributed by atoms with van der Waals surface area (Å²) in [5, 5.41) is 15.6. The molecule has 1 amide bonds. The molecule has 1 aromatic rings. The van der Waals surface area contributed by atoms with Gasteiger partial charge in [0.25, 0.3) is 0 Å². The first-order valence-corrected chi connectivity index (χ1v) is 10.0. The summed E-state index contributed by atoms with van der Waals surface area (Å²) in [5.41, 5.74) is 0.468. The molecule has 1 rings (SSSR count). The highest BCUT2D eigenvalue weighted by atomic mass is 35.5. The first-order chi connectivity index (χ1) is 13.5. The van der Waals surface area contributed by atoms with Gasteiger partial charge in [0.15, 0.2) is 0 Å². The van der Waals surface area contributed by atoms with E-state index in [2.05, 4.69) is 10.6 Å². The first-order valence-electron chi connectivity index (χ1n) is 10.0. The molecule has 2 unspecified atom stereocenters. The first kappa shape index (κ1) is 27.3. The van der Waals surface area contributed by atoms with Gasteiger partial charge in [0.1, 0.15) is 12.4 Å². The normalized spacial score (nSPS) is 13.7. The summed E-state index contributed by atoms with van der Waals surface area (Å²) in [6.07, 6.45) is 1.68. The van der Waals surface area contributed by atoms with Gasteiger partial charge < -0.3 is 30.2 Å². The minimum Gasteiger partial charge on any atom is -0.395 e. The van der Waals surface area contributed by atoms with Crippen LogP contribution in [0.1, 0.15) is 33.6 Å². The number of ether oxygens (including phenoxy) is 1. The van der Waals surface area contributed by atoms with Crippen LogP contribution in [0.25, 0.3) is 0 Å². The number of aldehydes is 1. The third kappa shape index (κ3) is 10.1. The lowest BCUT2D eigenvalue weighted by atomic mass is 9.95. The van der Waals surface area contributed by atoms with Gasteiger partial charge in [-0.25, -0.2) is 0 Å². The molecule has 0 aromatic heterocycles. The van der Waals surface area contributed by atoms with E-state index in [-0.39, 0.29) is 31.5 Å². The number of benzene rings is 1. The van der Waals surface area contributed by atoms with Crippen LogP contribution in [0.15, 0.2) is 30.3 Å². The lowest BCUT2D eigenvalue weighted by molar-refractivity contribution is -0.132. The lowest BCUT2D eigenvalue weighted by Gasteiger charge is -2.35. The molecule has 0 spiro atoms. The second kappa shape index (κ2) is 15.2. The number of anilines is 1. The maximum atomic E-state index is 12.2. The molecule has 0 aliphatic carbocycles. The number of rotatable bonds is 15. The average Bonchev–Trinajstić information content (AvgIpc) is 2.73. The van der Waals surface area contributed by atoms with E-state index in [0.29, 0.717) is 32.6 Å². The number of nitrogens with zero attached hydrogens (tertiary/aromatic N) is 1. The fourth-order valence-electron chi connectivity index (χ4n) is 3.02. The zero-order chi connectivity index (χ0) is 20.8. The molecule has 0 bridgehead atoms. The number of nitrogens with one attached hydrogen (secondary N) is 2. The largest absolute Gasteiger partial charge is 0.395 e. The highest BCUT2D eigenvalue weighted by Crippen LogP contribution is 2.23. The molecule has 8 heteroatoms. The Hall–Kier alpha value is -1.67. The fraction of sp³-hybridized carbons (Fsp3) is 0.619. The molecule has 0 aliphatic rings. The van der Waals surface area contributed by atoms with Crippen LogP contribution in [0, 0.1) is 0 Å². The molecule has 1 aromatic carbocycles. The van der Waals surface area contributed by atoms with Crippen molar-refractivity contribution in [3.05, 3.63) is 30.3 Å². The second-order valence-corrected chi connectivity index (χ2v) is 6.84. The van der Waals surface area contributed by atoms with Crippen molar-refractivity contribution in [3.8, 4) is 0 Å². The molecule has 0 saturated heterocycles. The Morgan fingerprint density at radius 3 is 2.55 bits per heavy atom. The molecular weight excluding hydrogens is 394 g/mol. The summed E-state index contributed by atoms with van der Waals surface area (Å²) in [6, 6.07) is 9.86. The van der Waals surface area contributed by atoms with E-state index in [1.807, 2.05) is 44.2 Å². The summed E-state index contributed by atoms with van der Waals surface area (Å²) >= 11 is 0. The number of carbonyl (C=O) groups is 2. The summed E-state index contributed by atoms with van der Waals surface area (Å²) in [7, 11) is 0. The molecule has 0 radical (unpaired) electrons. The van der Waals surface area contributed by atoms with Crippen LogP contribution < -0.4 is 10.6 Å². The van der Waals surface area contributed by atoms with Gasteiger partial charge in [0.05, 0.1) is 18.8 Å². The number of para-hydroxylation sites is 1. The van der Waals surface area contributed by atoms with Crippen molar-refractivity contribution in [3.63, 3.8) is 0 Å². The van der Waals surface area contributed by atoms with Crippen LogP contribution >= 0.6 is 12.4 Å². The van der Waals surface area contributed by atoms with Gasteiger partial charge >= 0.3 is 0 Å². The Labute approximate surface area is 180 Å². The quantitative estimate of drug-likeness (QED) is 0.292. The topological polar surface area (TPSA) is 90.9 Å². The molecule has 0 heterocycles. The number of amides is 1. The minimum absolute atomic E-state index is 0. The van der Waals surface area contributed by atoms with Crippen molar-refractivity contribution < 1.29 is 19.4 Å². The molecule has 29 heavy (non-hydrogen) atoms. The second-order valence-electron chi connectivity index (χ2n) is 6.84. The summed E-state index contributed by atoms with van der Waals surface area (Å²) in [5.74, 6) is -0.0387. The van der Waals surface area contributed by atoms with Crippen molar-refractivity contribution in [2.45, 2.75) is 45.3 Å². The van der Waals surface area contributed by atoms with Crippen molar-refractivity contribution >= 4 is 30.3 Å². The molecular formula is C21H36ClN3O4. The van der Waals surface area contributed by atoms with Gasteiger partial charge in [-0.2, -0.15) is 0 Å². The fourth-order valence-corrected chi connectivity index (χ4v) is 3.02. The Balaban J connectivity index is 0.00000784. The number of aliphatic hydroxyl groups is 1. The van der Waals surface area contributed by atoms with Crippen LogP contribution in [0.2, 0.25) is 0 Å². The smallest absolute Gasteiger partial charge is 0.236 e. The lowest BCUT2D eigenvalue weighted by Crippen LogP contribution is -2.46. The van der Waals surface area contributed by atoms with E-state index in [1.165, 1.54) is 0 Å². The molecule has 0 fully saturated rings. The highest BCUT2D eigenvalue weighted by molar-refractivity contribution is 5.85. The summed E-state index contributed by atoms with van der Waals surface area (Å²) < 4.78 is 6.07. The predicted octanol–water partition coefficient (Wildman–Crippen LogP) is 2.09. The highest BCUT2D eigenvalue weighted by Gasteiger charge is 2.31. The molecule has 2 atom stereocenters. The number of hydrogen-bond acceptors (Lipinski definition) is 6. The van der Waals surface area contributed by atoms with E-state index in [0.717, 1.165) is 18.4 Å². The van der Waals surface area contributed by atoms with Gasteiger partial charge in [-0.15, -0.1) is 12.4 Å². The molecule has 166 valence electrons. The molecule has 0 aliphatic heterocycles. The van der Waals surface area contributed by atoms with Crippen LogP contribution in [-0.2, 0) is 14.3 Å². The van der Waals surface area contributed by atoms with Crippen molar-refractivity contribution in [2.24, 2.45) is 0 Å². The van der Waals surface area contributed by atoms with E-state index in [9.17, 15) is 9.59 Å². The Morgan fingerprint density at radius 2 is 2.00 bits per heavy atom. The molecule has 3 N–H and O–H groups in total. The van der Waals surface area contributed by atoms with Crippen LogP contribution in [0.5, 0.6) is 0 Å². The predicted molar refractivity (Wildman–Crippen MR) is 119 cm³/mol. The van der Waals surface area contributed by atoms with Crippen molar-refractivity contribution in [1.82, 2.24) is 10.2 Å². The van der Waals surface area contributed by atoms with Gasteiger partial charge in [-0.05, 0) is 45.4 Å². The van der Waals surface area contributed by atoms with Gasteiger partial charge in [-0.1, -0.05) is 25.1 Å². The van der Waals surface area contributed by atoms with Gasteiger partial charge in [0, 0.05) is 25.3 Å². The van der Waals surface area contributed by atoms with Crippen LogP contribution in [0.4, 0.5) is 5.69 Å². The van der Waals surface area contributed by atoms with Gasteiger partial charge in [0.2, 0.25) is 5.91 Å². The Morgan fingerprint density at radius 1 is 1.31 bits per heavy atom. The standard InChI is InChI=1S/C21H35N3O4.ClH/c1-4-21(28-18(3)16-26,17-23-19-9-7-6-8-10-19)11-12-22-15-20(27)24(5-2)13-14-25;/h6-10,16,18,22-23,25H,4-5,11-15,17H2,1-3H3;1H. The maximum absolute atomic E-state index is 12.2. The SMILES string of the molecule is CCN(CCO)C(=O)CNCCC(CC)(CNc1ccccc1)OC(C)C=O.Cl. The van der Waals surface area contributed by atoms with Crippen LogP contribution in [-0.4, -0.2) is 73.2 Å². The summed E-state index contributed by atoms with van der Waals surface area (Å²) in [4.78, 5) is 24.9. The zero-order valence-corrected chi connectivity index (χ0v) is 18.5. The molecule has 7 nitrogen and oxygen atoms in total. The Kier molecular flexibility index (Phi) is 14.3.